The molecule has 62 valence electrons. The average molecular weight is 152 g/mol. The quantitative estimate of drug-likeness (QED) is 0.654. The molecule has 1 nitrogen and oxygen atoms in total. The van der Waals surface area contributed by atoms with E-state index < -0.39 is 0 Å². The van der Waals surface area contributed by atoms with E-state index >= 15 is 0 Å². The van der Waals surface area contributed by atoms with E-state index in [1.165, 1.54) is 0 Å². The summed E-state index contributed by atoms with van der Waals surface area (Å²) in [6, 6.07) is 12.0. The fraction of sp³-hybridized carbons (Fsp3) is 0.400. The Morgan fingerprint density at radius 1 is 0.909 bits per heavy atom. The van der Waals surface area contributed by atoms with Gasteiger partial charge in [0, 0.05) is 6.61 Å². The average Bonchev–Trinajstić information content (AvgIpc) is 2.09. The minimum atomic E-state index is 0.306. The van der Waals surface area contributed by atoms with Crippen LogP contribution in [0.1, 0.15) is 13.8 Å². The SMILES string of the molecule is CC(C)CO.c1ccccc1. The van der Waals surface area contributed by atoms with Crippen LogP contribution in [-0.2, 0) is 0 Å². The minimum Gasteiger partial charge on any atom is -0.396 e. The molecular formula is C10H16O. The summed E-state index contributed by atoms with van der Waals surface area (Å²) in [4.78, 5) is 0. The lowest BCUT2D eigenvalue weighted by Crippen LogP contribution is -1.90. The standard InChI is InChI=1S/C6H6.C4H10O/c1-2-4-6-5-3-1;1-4(2)3-5/h1-6H;4-5H,3H2,1-2H3. The molecular weight excluding hydrogens is 136 g/mol. The zero-order valence-electron chi connectivity index (χ0n) is 7.20. The Bertz CT molecular complexity index is 120. The molecule has 0 fully saturated rings. The fourth-order valence-corrected chi connectivity index (χ4v) is 0.385. The highest BCUT2D eigenvalue weighted by molar-refractivity contribution is 4.99. The second-order valence-electron chi connectivity index (χ2n) is 2.73. The molecule has 0 saturated heterocycles. The number of aliphatic hydroxyl groups is 1. The monoisotopic (exact) mass is 152 g/mol. The molecule has 0 saturated carbocycles. The van der Waals surface area contributed by atoms with Gasteiger partial charge in [-0.3, -0.25) is 0 Å². The third-order valence-corrected chi connectivity index (χ3v) is 1.03. The molecule has 0 spiro atoms. The zero-order chi connectivity index (χ0) is 8.53. The lowest BCUT2D eigenvalue weighted by molar-refractivity contribution is 0.248. The van der Waals surface area contributed by atoms with E-state index in [-0.39, 0.29) is 0 Å². The van der Waals surface area contributed by atoms with Crippen LogP contribution in [0.4, 0.5) is 0 Å². The second kappa shape index (κ2) is 7.29. The van der Waals surface area contributed by atoms with Crippen molar-refractivity contribution in [3.63, 3.8) is 0 Å². The van der Waals surface area contributed by atoms with Gasteiger partial charge in [0.25, 0.3) is 0 Å². The van der Waals surface area contributed by atoms with Crippen molar-refractivity contribution in [1.82, 2.24) is 0 Å². The molecule has 0 atom stereocenters. The highest BCUT2D eigenvalue weighted by Crippen LogP contribution is 1.83. The first-order valence-corrected chi connectivity index (χ1v) is 3.88. The lowest BCUT2D eigenvalue weighted by atomic mass is 10.2. The molecule has 1 rings (SSSR count). The normalized spacial score (nSPS) is 8.73. The van der Waals surface area contributed by atoms with E-state index in [0.29, 0.717) is 12.5 Å². The van der Waals surface area contributed by atoms with Gasteiger partial charge in [0.1, 0.15) is 0 Å². The Balaban J connectivity index is 0.000000187. The van der Waals surface area contributed by atoms with Gasteiger partial charge in [-0.2, -0.15) is 0 Å². The van der Waals surface area contributed by atoms with Crippen LogP contribution < -0.4 is 0 Å². The predicted molar refractivity (Wildman–Crippen MR) is 48.4 cm³/mol. The van der Waals surface area contributed by atoms with Crippen LogP contribution in [0.5, 0.6) is 0 Å². The van der Waals surface area contributed by atoms with Crippen molar-refractivity contribution >= 4 is 0 Å². The van der Waals surface area contributed by atoms with Crippen LogP contribution in [0, 0.1) is 5.92 Å². The molecule has 1 heteroatoms. The van der Waals surface area contributed by atoms with Crippen molar-refractivity contribution in [3.8, 4) is 0 Å². The van der Waals surface area contributed by atoms with Crippen LogP contribution in [0.15, 0.2) is 36.4 Å². The minimum absolute atomic E-state index is 0.306. The number of hydrogen-bond acceptors (Lipinski definition) is 1. The van der Waals surface area contributed by atoms with E-state index in [0.717, 1.165) is 0 Å². The predicted octanol–water partition coefficient (Wildman–Crippen LogP) is 2.32. The zero-order valence-corrected chi connectivity index (χ0v) is 7.20. The molecule has 0 aliphatic rings. The smallest absolute Gasteiger partial charge is 0.0453 e. The van der Waals surface area contributed by atoms with Gasteiger partial charge in [0.15, 0.2) is 0 Å². The van der Waals surface area contributed by atoms with E-state index in [2.05, 4.69) is 0 Å². The Kier molecular flexibility index (Phi) is 6.75. The maximum absolute atomic E-state index is 8.14. The second-order valence-corrected chi connectivity index (χ2v) is 2.73. The molecule has 1 N–H and O–H groups in total. The van der Waals surface area contributed by atoms with Gasteiger partial charge in [0.2, 0.25) is 0 Å². The van der Waals surface area contributed by atoms with Crippen LogP contribution in [-0.4, -0.2) is 11.7 Å². The van der Waals surface area contributed by atoms with Crippen molar-refractivity contribution in [2.75, 3.05) is 6.61 Å². The number of hydrogen-bond donors (Lipinski definition) is 1. The summed E-state index contributed by atoms with van der Waals surface area (Å²) in [5.41, 5.74) is 0. The van der Waals surface area contributed by atoms with Gasteiger partial charge in [-0.15, -0.1) is 0 Å². The van der Waals surface area contributed by atoms with Crippen LogP contribution in [0.3, 0.4) is 0 Å². The highest BCUT2D eigenvalue weighted by atomic mass is 16.3. The number of aliphatic hydroxyl groups excluding tert-OH is 1. The van der Waals surface area contributed by atoms with Crippen molar-refractivity contribution < 1.29 is 5.11 Å². The summed E-state index contributed by atoms with van der Waals surface area (Å²) >= 11 is 0. The molecule has 0 radical (unpaired) electrons. The van der Waals surface area contributed by atoms with E-state index in [4.69, 9.17) is 5.11 Å². The van der Waals surface area contributed by atoms with Gasteiger partial charge < -0.3 is 5.11 Å². The summed E-state index contributed by atoms with van der Waals surface area (Å²) in [5.74, 6) is 0.440. The Labute approximate surface area is 68.7 Å². The highest BCUT2D eigenvalue weighted by Gasteiger charge is 1.81. The summed E-state index contributed by atoms with van der Waals surface area (Å²) in [7, 11) is 0. The molecule has 11 heavy (non-hydrogen) atoms. The first-order valence-electron chi connectivity index (χ1n) is 3.88. The van der Waals surface area contributed by atoms with E-state index in [9.17, 15) is 0 Å². The molecule has 1 aromatic rings. The summed E-state index contributed by atoms with van der Waals surface area (Å²) in [6.07, 6.45) is 0. The first-order chi connectivity index (χ1) is 5.27. The maximum atomic E-state index is 8.14. The van der Waals surface area contributed by atoms with Crippen molar-refractivity contribution in [1.29, 1.82) is 0 Å². The molecule has 0 aliphatic carbocycles. The van der Waals surface area contributed by atoms with Crippen molar-refractivity contribution in [2.45, 2.75) is 13.8 Å². The number of rotatable bonds is 1. The Morgan fingerprint density at radius 2 is 1.09 bits per heavy atom. The summed E-state index contributed by atoms with van der Waals surface area (Å²) < 4.78 is 0. The molecule has 0 bridgehead atoms. The fourth-order valence-electron chi connectivity index (χ4n) is 0.385. The van der Waals surface area contributed by atoms with Crippen LogP contribution in [0.25, 0.3) is 0 Å². The van der Waals surface area contributed by atoms with Gasteiger partial charge in [-0.1, -0.05) is 50.2 Å². The Hall–Kier alpha value is -0.820. The molecule has 0 aromatic heterocycles. The first kappa shape index (κ1) is 10.2. The maximum Gasteiger partial charge on any atom is 0.0453 e. The Morgan fingerprint density at radius 3 is 1.18 bits per heavy atom. The van der Waals surface area contributed by atoms with Gasteiger partial charge >= 0.3 is 0 Å². The van der Waals surface area contributed by atoms with Crippen molar-refractivity contribution in [3.05, 3.63) is 36.4 Å². The molecule has 0 unspecified atom stereocenters. The summed E-state index contributed by atoms with van der Waals surface area (Å²) in [6.45, 7) is 4.25. The lowest BCUT2D eigenvalue weighted by Gasteiger charge is -1.90. The van der Waals surface area contributed by atoms with Crippen LogP contribution in [0.2, 0.25) is 0 Å². The van der Waals surface area contributed by atoms with E-state index in [1.54, 1.807) is 0 Å². The van der Waals surface area contributed by atoms with Gasteiger partial charge in [-0.25, -0.2) is 0 Å². The molecule has 0 heterocycles. The van der Waals surface area contributed by atoms with Crippen LogP contribution >= 0.6 is 0 Å². The topological polar surface area (TPSA) is 20.2 Å². The largest absolute Gasteiger partial charge is 0.396 e. The van der Waals surface area contributed by atoms with Gasteiger partial charge in [-0.05, 0) is 5.92 Å². The van der Waals surface area contributed by atoms with Gasteiger partial charge in [0.05, 0.1) is 0 Å². The van der Waals surface area contributed by atoms with Crippen molar-refractivity contribution in [2.24, 2.45) is 5.92 Å². The summed E-state index contributed by atoms with van der Waals surface area (Å²) in [5, 5.41) is 8.14. The van der Waals surface area contributed by atoms with E-state index in [1.807, 2.05) is 50.2 Å². The molecule has 0 amide bonds. The molecule has 0 aliphatic heterocycles. The number of benzene rings is 1. The third-order valence-electron chi connectivity index (χ3n) is 1.03. The third kappa shape index (κ3) is 9.18. The molecule has 1 aromatic carbocycles.